The molecule has 0 radical (unpaired) electrons. The lowest BCUT2D eigenvalue weighted by Gasteiger charge is -2.20. The molecule has 0 spiro atoms. The number of nitrogens with zero attached hydrogens (tertiary/aromatic N) is 3. The van der Waals surface area contributed by atoms with Crippen molar-refractivity contribution < 1.29 is 14.3 Å². The molecule has 3 rings (SSSR count). The summed E-state index contributed by atoms with van der Waals surface area (Å²) in [5.74, 6) is -1.12. The summed E-state index contributed by atoms with van der Waals surface area (Å²) in [4.78, 5) is 34.1. The van der Waals surface area contributed by atoms with Crippen molar-refractivity contribution in [2.24, 2.45) is 5.73 Å². The number of ether oxygens (including phenoxy) is 1. The Kier molecular flexibility index (Phi) is 4.26. The molecule has 1 saturated heterocycles. The molecule has 1 fully saturated rings. The summed E-state index contributed by atoms with van der Waals surface area (Å²) in [7, 11) is 0. The maximum Gasteiger partial charge on any atom is 0.277 e. The van der Waals surface area contributed by atoms with Gasteiger partial charge in [0, 0.05) is 24.5 Å². The highest BCUT2D eigenvalue weighted by Gasteiger charge is 2.36. The van der Waals surface area contributed by atoms with E-state index in [1.165, 1.54) is 17.3 Å². The number of carbonyl (C=O) groups excluding carboxylic acids is 2. The highest BCUT2D eigenvalue weighted by molar-refractivity contribution is 6.00. The number of nitrogens with two attached hydrogens (primary N) is 1. The van der Waals surface area contributed by atoms with Crippen molar-refractivity contribution in [2.75, 3.05) is 13.2 Å². The molecule has 1 atom stereocenters. The van der Waals surface area contributed by atoms with E-state index in [4.69, 9.17) is 10.5 Å². The number of hydrogen-bond acceptors (Lipinski definition) is 5. The molecule has 1 aromatic carbocycles. The van der Waals surface area contributed by atoms with Crippen LogP contribution in [0.4, 0.5) is 0 Å². The minimum Gasteiger partial charge on any atom is -0.366 e. The van der Waals surface area contributed by atoms with Gasteiger partial charge in [-0.3, -0.25) is 14.6 Å². The summed E-state index contributed by atoms with van der Waals surface area (Å²) in [5.41, 5.74) is 8.99. The molecule has 1 aliphatic heterocycles. The van der Waals surface area contributed by atoms with E-state index in [0.717, 1.165) is 16.7 Å². The van der Waals surface area contributed by atoms with Crippen LogP contribution in [-0.4, -0.2) is 46.1 Å². The van der Waals surface area contributed by atoms with Crippen LogP contribution in [0.5, 0.6) is 0 Å². The zero-order valence-electron chi connectivity index (χ0n) is 13.5. The molecular formula is C17H18N4O3. The average molecular weight is 326 g/mol. The molecule has 1 aliphatic rings. The van der Waals surface area contributed by atoms with E-state index < -0.39 is 18.0 Å². The Labute approximate surface area is 139 Å². The van der Waals surface area contributed by atoms with Crippen molar-refractivity contribution in [1.82, 2.24) is 14.9 Å². The van der Waals surface area contributed by atoms with E-state index in [-0.39, 0.29) is 18.8 Å². The smallest absolute Gasteiger partial charge is 0.277 e. The first-order valence-electron chi connectivity index (χ1n) is 7.59. The van der Waals surface area contributed by atoms with Crippen LogP contribution in [0.3, 0.4) is 0 Å². The third kappa shape index (κ3) is 2.85. The quantitative estimate of drug-likeness (QED) is 0.909. The van der Waals surface area contributed by atoms with Gasteiger partial charge in [0.15, 0.2) is 5.69 Å². The maximum absolute atomic E-state index is 12.8. The fraction of sp³-hybridized carbons (Fsp3) is 0.294. The number of rotatable bonds is 3. The van der Waals surface area contributed by atoms with Crippen LogP contribution < -0.4 is 5.73 Å². The van der Waals surface area contributed by atoms with Crippen molar-refractivity contribution in [3.63, 3.8) is 0 Å². The molecule has 2 heterocycles. The predicted molar refractivity (Wildman–Crippen MR) is 86.9 cm³/mol. The Bertz CT molecular complexity index is 806. The van der Waals surface area contributed by atoms with Crippen molar-refractivity contribution >= 4 is 11.8 Å². The molecule has 2 aromatic rings. The summed E-state index contributed by atoms with van der Waals surface area (Å²) in [5, 5.41) is 0. The van der Waals surface area contributed by atoms with E-state index in [0.29, 0.717) is 5.69 Å². The fourth-order valence-electron chi connectivity index (χ4n) is 2.64. The van der Waals surface area contributed by atoms with Crippen molar-refractivity contribution in [3.8, 4) is 11.3 Å². The molecule has 1 aromatic heterocycles. The van der Waals surface area contributed by atoms with Gasteiger partial charge in [-0.1, -0.05) is 12.1 Å². The fourth-order valence-corrected chi connectivity index (χ4v) is 2.64. The normalized spacial score (nSPS) is 17.1. The van der Waals surface area contributed by atoms with Gasteiger partial charge < -0.3 is 15.4 Å². The lowest BCUT2D eigenvalue weighted by molar-refractivity contribution is -0.131. The van der Waals surface area contributed by atoms with Crippen LogP contribution in [0.15, 0.2) is 30.6 Å². The molecule has 124 valence electrons. The number of carbonyl (C=O) groups is 2. The highest BCUT2D eigenvalue weighted by atomic mass is 16.5. The third-order valence-corrected chi connectivity index (χ3v) is 4.08. The molecule has 0 bridgehead atoms. The Morgan fingerprint density at radius 1 is 1.21 bits per heavy atom. The van der Waals surface area contributed by atoms with Crippen LogP contribution in [0.2, 0.25) is 0 Å². The Morgan fingerprint density at radius 2 is 1.96 bits per heavy atom. The molecule has 0 saturated carbocycles. The molecule has 0 aliphatic carbocycles. The Balaban J connectivity index is 2.01. The van der Waals surface area contributed by atoms with Crippen LogP contribution >= 0.6 is 0 Å². The van der Waals surface area contributed by atoms with Crippen LogP contribution in [-0.2, 0) is 9.53 Å². The lowest BCUT2D eigenvalue weighted by Crippen LogP contribution is -2.44. The van der Waals surface area contributed by atoms with Crippen molar-refractivity contribution in [2.45, 2.75) is 20.1 Å². The first-order chi connectivity index (χ1) is 11.5. The summed E-state index contributed by atoms with van der Waals surface area (Å²) >= 11 is 0. The third-order valence-electron chi connectivity index (χ3n) is 4.08. The van der Waals surface area contributed by atoms with Gasteiger partial charge in [0.25, 0.3) is 11.8 Å². The average Bonchev–Trinajstić information content (AvgIpc) is 3.07. The predicted octanol–water partition coefficient (Wildman–Crippen LogP) is 1.04. The first-order valence-corrected chi connectivity index (χ1v) is 7.59. The second-order valence-corrected chi connectivity index (χ2v) is 5.68. The summed E-state index contributed by atoms with van der Waals surface area (Å²) in [6, 6.07) is 5.83. The van der Waals surface area contributed by atoms with Gasteiger partial charge in [-0.25, -0.2) is 4.98 Å². The van der Waals surface area contributed by atoms with Crippen LogP contribution in [0.25, 0.3) is 11.3 Å². The first kappa shape index (κ1) is 16.1. The lowest BCUT2D eigenvalue weighted by atomic mass is 10.0. The standard InChI is InChI=1S/C17H18N4O3/c1-10-3-4-12(9-11(10)2)13-14(20-6-5-19-13)16(23)21-7-8-24-17(21)15(18)22/h3-6,9,17H,7-8H2,1-2H3,(H2,18,22). The highest BCUT2D eigenvalue weighted by Crippen LogP contribution is 2.24. The van der Waals surface area contributed by atoms with Gasteiger partial charge >= 0.3 is 0 Å². The summed E-state index contributed by atoms with van der Waals surface area (Å²) in [6.45, 7) is 4.56. The largest absolute Gasteiger partial charge is 0.366 e. The number of aromatic nitrogens is 2. The Hall–Kier alpha value is -2.80. The second-order valence-electron chi connectivity index (χ2n) is 5.68. The molecular weight excluding hydrogens is 308 g/mol. The van der Waals surface area contributed by atoms with Crippen molar-refractivity contribution in [1.29, 1.82) is 0 Å². The van der Waals surface area contributed by atoms with Gasteiger partial charge in [0.2, 0.25) is 6.23 Å². The number of benzene rings is 1. The van der Waals surface area contributed by atoms with Gasteiger partial charge in [0.1, 0.15) is 5.69 Å². The molecule has 1 unspecified atom stereocenters. The van der Waals surface area contributed by atoms with E-state index in [9.17, 15) is 9.59 Å². The number of aryl methyl sites for hydroxylation is 2. The maximum atomic E-state index is 12.8. The van der Waals surface area contributed by atoms with Gasteiger partial charge in [-0.15, -0.1) is 0 Å². The monoisotopic (exact) mass is 326 g/mol. The minimum absolute atomic E-state index is 0.178. The number of hydrogen-bond donors (Lipinski definition) is 1. The number of primary amides is 1. The minimum atomic E-state index is -1.06. The molecule has 24 heavy (non-hydrogen) atoms. The van der Waals surface area contributed by atoms with E-state index in [1.54, 1.807) is 0 Å². The SMILES string of the molecule is Cc1ccc(-c2nccnc2C(=O)N2CCOC2C(N)=O)cc1C. The van der Waals surface area contributed by atoms with E-state index >= 15 is 0 Å². The summed E-state index contributed by atoms with van der Waals surface area (Å²) in [6.07, 6.45) is 1.92. The van der Waals surface area contributed by atoms with E-state index in [1.807, 2.05) is 32.0 Å². The second kappa shape index (κ2) is 6.37. The van der Waals surface area contributed by atoms with Gasteiger partial charge in [-0.05, 0) is 31.0 Å². The number of amides is 2. The van der Waals surface area contributed by atoms with Gasteiger partial charge in [-0.2, -0.15) is 0 Å². The van der Waals surface area contributed by atoms with Crippen LogP contribution in [0.1, 0.15) is 21.6 Å². The molecule has 7 nitrogen and oxygen atoms in total. The molecule has 7 heteroatoms. The van der Waals surface area contributed by atoms with Crippen molar-refractivity contribution in [3.05, 3.63) is 47.4 Å². The molecule has 2 N–H and O–H groups in total. The van der Waals surface area contributed by atoms with Gasteiger partial charge in [0.05, 0.1) is 6.61 Å². The van der Waals surface area contributed by atoms with E-state index in [2.05, 4.69) is 9.97 Å². The molecule has 2 amide bonds. The Morgan fingerprint density at radius 3 is 2.67 bits per heavy atom. The topological polar surface area (TPSA) is 98.4 Å². The summed E-state index contributed by atoms with van der Waals surface area (Å²) < 4.78 is 5.23. The van der Waals surface area contributed by atoms with Crippen LogP contribution in [0, 0.1) is 13.8 Å². The zero-order valence-corrected chi connectivity index (χ0v) is 13.5. The zero-order chi connectivity index (χ0) is 17.3.